The molecule has 17 heavy (non-hydrogen) atoms. The summed E-state index contributed by atoms with van der Waals surface area (Å²) in [6.07, 6.45) is 2.11. The Morgan fingerprint density at radius 1 is 1.29 bits per heavy atom. The number of benzene rings is 1. The first-order valence-corrected chi connectivity index (χ1v) is 6.35. The van der Waals surface area contributed by atoms with Gasteiger partial charge in [-0.3, -0.25) is 4.79 Å². The summed E-state index contributed by atoms with van der Waals surface area (Å²) in [4.78, 5) is 12.1. The van der Waals surface area contributed by atoms with Crippen LogP contribution in [0.2, 0.25) is 0 Å². The van der Waals surface area contributed by atoms with Crippen LogP contribution in [0, 0.1) is 5.92 Å². The van der Waals surface area contributed by atoms with Gasteiger partial charge in [-0.15, -0.1) is 0 Å². The van der Waals surface area contributed by atoms with Crippen molar-refractivity contribution in [2.45, 2.75) is 46.6 Å². The van der Waals surface area contributed by atoms with Crippen LogP contribution >= 0.6 is 0 Å². The Morgan fingerprint density at radius 2 is 2.00 bits per heavy atom. The van der Waals surface area contributed by atoms with Crippen molar-refractivity contribution in [2.24, 2.45) is 5.92 Å². The van der Waals surface area contributed by atoms with Crippen LogP contribution in [0.3, 0.4) is 0 Å². The average Bonchev–Trinajstić information content (AvgIpc) is 2.28. The second-order valence-corrected chi connectivity index (χ2v) is 4.75. The topological polar surface area (TPSA) is 26.3 Å². The Hall–Kier alpha value is -1.31. The first-order chi connectivity index (χ1) is 8.04. The molecule has 0 aliphatic heterocycles. The van der Waals surface area contributed by atoms with E-state index in [0.29, 0.717) is 0 Å². The molecule has 0 spiro atoms. The van der Waals surface area contributed by atoms with Gasteiger partial charge in [0.05, 0.1) is 6.10 Å². The second-order valence-electron chi connectivity index (χ2n) is 4.75. The summed E-state index contributed by atoms with van der Waals surface area (Å²) in [5.74, 6) is 1.07. The minimum absolute atomic E-state index is 0.0919. The lowest BCUT2D eigenvalue weighted by molar-refractivity contribution is 0.0923. The van der Waals surface area contributed by atoms with Gasteiger partial charge in [0.15, 0.2) is 5.78 Å². The molecule has 0 radical (unpaired) electrons. The number of Topliss-reactive ketones (excluding diaryl/α,β-unsaturated/α-hetero) is 1. The van der Waals surface area contributed by atoms with Crippen LogP contribution in [0.15, 0.2) is 24.3 Å². The van der Waals surface area contributed by atoms with Gasteiger partial charge in [-0.25, -0.2) is 0 Å². The van der Waals surface area contributed by atoms with E-state index in [-0.39, 0.29) is 17.8 Å². The SMILES string of the molecule is CCCC(C)C(=O)c1cccc(OC(C)C)c1. The van der Waals surface area contributed by atoms with Crippen molar-refractivity contribution >= 4 is 5.78 Å². The number of ketones is 1. The normalized spacial score (nSPS) is 12.5. The van der Waals surface area contributed by atoms with Crippen molar-refractivity contribution in [2.75, 3.05) is 0 Å². The third-order valence-electron chi connectivity index (χ3n) is 2.66. The number of hydrogen-bond acceptors (Lipinski definition) is 2. The van der Waals surface area contributed by atoms with Gasteiger partial charge in [-0.1, -0.05) is 32.4 Å². The van der Waals surface area contributed by atoms with E-state index in [1.165, 1.54) is 0 Å². The zero-order valence-electron chi connectivity index (χ0n) is 11.2. The van der Waals surface area contributed by atoms with Crippen LogP contribution in [0.25, 0.3) is 0 Å². The summed E-state index contributed by atoms with van der Waals surface area (Å²) in [6, 6.07) is 7.47. The molecule has 0 aromatic heterocycles. The van der Waals surface area contributed by atoms with E-state index < -0.39 is 0 Å². The van der Waals surface area contributed by atoms with Crippen LogP contribution in [0.1, 0.15) is 50.9 Å². The van der Waals surface area contributed by atoms with Gasteiger partial charge in [0.2, 0.25) is 0 Å². The number of carbonyl (C=O) groups excluding carboxylic acids is 1. The van der Waals surface area contributed by atoms with Gasteiger partial charge in [-0.05, 0) is 32.4 Å². The fourth-order valence-electron chi connectivity index (χ4n) is 1.84. The number of carbonyl (C=O) groups is 1. The lowest BCUT2D eigenvalue weighted by atomic mass is 9.95. The molecule has 0 bridgehead atoms. The number of ether oxygens (including phenoxy) is 1. The summed E-state index contributed by atoms with van der Waals surface area (Å²) >= 11 is 0. The van der Waals surface area contributed by atoms with Crippen molar-refractivity contribution < 1.29 is 9.53 Å². The predicted octanol–water partition coefficient (Wildman–Crippen LogP) is 4.09. The fourth-order valence-corrected chi connectivity index (χ4v) is 1.84. The standard InChI is InChI=1S/C15H22O2/c1-5-7-12(4)15(16)13-8-6-9-14(10-13)17-11(2)3/h6,8-12H,5,7H2,1-4H3. The molecule has 0 aliphatic carbocycles. The molecule has 0 N–H and O–H groups in total. The lowest BCUT2D eigenvalue weighted by Crippen LogP contribution is -2.12. The van der Waals surface area contributed by atoms with Gasteiger partial charge in [0.1, 0.15) is 5.75 Å². The molecule has 1 aromatic carbocycles. The highest BCUT2D eigenvalue weighted by atomic mass is 16.5. The van der Waals surface area contributed by atoms with E-state index in [1.807, 2.05) is 45.0 Å². The number of hydrogen-bond donors (Lipinski definition) is 0. The van der Waals surface area contributed by atoms with Gasteiger partial charge < -0.3 is 4.74 Å². The zero-order valence-corrected chi connectivity index (χ0v) is 11.2. The van der Waals surface area contributed by atoms with Crippen molar-refractivity contribution in [3.8, 4) is 5.75 Å². The predicted molar refractivity (Wildman–Crippen MR) is 70.6 cm³/mol. The first kappa shape index (κ1) is 13.8. The first-order valence-electron chi connectivity index (χ1n) is 6.35. The molecule has 0 saturated carbocycles. The highest BCUT2D eigenvalue weighted by Gasteiger charge is 2.14. The van der Waals surface area contributed by atoms with Gasteiger partial charge in [0, 0.05) is 11.5 Å². The highest BCUT2D eigenvalue weighted by Crippen LogP contribution is 2.19. The van der Waals surface area contributed by atoms with Crippen molar-refractivity contribution in [1.82, 2.24) is 0 Å². The summed E-state index contributed by atoms with van der Waals surface area (Å²) in [5.41, 5.74) is 0.754. The Balaban J connectivity index is 2.80. The maximum Gasteiger partial charge on any atom is 0.165 e. The quantitative estimate of drug-likeness (QED) is 0.693. The molecule has 0 aliphatic rings. The second kappa shape index (κ2) is 6.43. The smallest absolute Gasteiger partial charge is 0.165 e. The maximum atomic E-state index is 12.1. The van der Waals surface area contributed by atoms with Crippen molar-refractivity contribution in [3.05, 3.63) is 29.8 Å². The van der Waals surface area contributed by atoms with Crippen LogP contribution in [0.4, 0.5) is 0 Å². The summed E-state index contributed by atoms with van der Waals surface area (Å²) < 4.78 is 5.59. The minimum atomic E-state index is 0.0919. The Kier molecular flexibility index (Phi) is 5.20. The minimum Gasteiger partial charge on any atom is -0.491 e. The van der Waals surface area contributed by atoms with E-state index in [0.717, 1.165) is 24.2 Å². The Labute approximate surface area is 104 Å². The van der Waals surface area contributed by atoms with Crippen molar-refractivity contribution in [1.29, 1.82) is 0 Å². The van der Waals surface area contributed by atoms with E-state index in [9.17, 15) is 4.79 Å². The molecule has 1 aromatic rings. The molecule has 0 heterocycles. The zero-order chi connectivity index (χ0) is 12.8. The highest BCUT2D eigenvalue weighted by molar-refractivity contribution is 5.97. The van der Waals surface area contributed by atoms with Crippen LogP contribution in [0.5, 0.6) is 5.75 Å². The molecular weight excluding hydrogens is 212 g/mol. The summed E-state index contributed by atoms with van der Waals surface area (Å²) in [7, 11) is 0. The molecule has 2 heteroatoms. The maximum absolute atomic E-state index is 12.1. The number of rotatable bonds is 6. The van der Waals surface area contributed by atoms with E-state index >= 15 is 0 Å². The molecule has 2 nitrogen and oxygen atoms in total. The molecule has 0 amide bonds. The molecular formula is C15H22O2. The Bertz CT molecular complexity index is 369. The van der Waals surface area contributed by atoms with Gasteiger partial charge in [0.25, 0.3) is 0 Å². The molecule has 1 unspecified atom stereocenters. The largest absolute Gasteiger partial charge is 0.491 e. The van der Waals surface area contributed by atoms with E-state index in [2.05, 4.69) is 6.92 Å². The van der Waals surface area contributed by atoms with E-state index in [4.69, 9.17) is 4.74 Å². The third kappa shape index (κ3) is 4.22. The van der Waals surface area contributed by atoms with Gasteiger partial charge >= 0.3 is 0 Å². The molecule has 0 fully saturated rings. The van der Waals surface area contributed by atoms with Crippen LogP contribution < -0.4 is 4.74 Å². The van der Waals surface area contributed by atoms with Crippen LogP contribution in [-0.2, 0) is 0 Å². The molecule has 0 saturated heterocycles. The van der Waals surface area contributed by atoms with Crippen LogP contribution in [-0.4, -0.2) is 11.9 Å². The van der Waals surface area contributed by atoms with Gasteiger partial charge in [-0.2, -0.15) is 0 Å². The lowest BCUT2D eigenvalue weighted by Gasteiger charge is -2.12. The average molecular weight is 234 g/mol. The molecule has 1 atom stereocenters. The van der Waals surface area contributed by atoms with Crippen molar-refractivity contribution in [3.63, 3.8) is 0 Å². The fraction of sp³-hybridized carbons (Fsp3) is 0.533. The monoisotopic (exact) mass is 234 g/mol. The summed E-state index contributed by atoms with van der Waals surface area (Å²) in [6.45, 7) is 8.05. The summed E-state index contributed by atoms with van der Waals surface area (Å²) in [5, 5.41) is 0. The third-order valence-corrected chi connectivity index (χ3v) is 2.66. The molecule has 94 valence electrons. The molecule has 1 rings (SSSR count). The Morgan fingerprint density at radius 3 is 2.59 bits per heavy atom. The van der Waals surface area contributed by atoms with E-state index in [1.54, 1.807) is 0 Å².